The number of likely N-dealkylation sites (tertiary alicyclic amines) is 1. The molecule has 0 bridgehead atoms. The lowest BCUT2D eigenvalue weighted by molar-refractivity contribution is -0.137. The average molecular weight is 509 g/mol. The van der Waals surface area contributed by atoms with Crippen LogP contribution in [0.2, 0.25) is 0 Å². The molecule has 2 aromatic rings. The minimum Gasteiger partial charge on any atom is -0.491 e. The first kappa shape index (κ1) is 22.9. The highest BCUT2D eigenvalue weighted by Gasteiger charge is 2.74. The number of allylic oxidation sites excluding steroid dienone is 2. The number of hydrogen-bond donors (Lipinski definition) is 1. The molecule has 0 radical (unpaired) electrons. The van der Waals surface area contributed by atoms with Crippen LogP contribution in [-0.4, -0.2) is 65.8 Å². The monoisotopic (exact) mass is 508 g/mol. The van der Waals surface area contributed by atoms with Gasteiger partial charge in [0, 0.05) is 26.4 Å². The molecule has 3 aliphatic rings. The van der Waals surface area contributed by atoms with Gasteiger partial charge in [-0.2, -0.15) is 0 Å². The summed E-state index contributed by atoms with van der Waals surface area (Å²) in [5.41, 5.74) is 0.210. The minimum absolute atomic E-state index is 0.106. The molecule has 0 unspecified atom stereocenters. The number of carbonyl (C=O) groups excluding carboxylic acids is 2. The molecule has 1 N–H and O–H groups in total. The van der Waals surface area contributed by atoms with E-state index in [4.69, 9.17) is 33.0 Å². The first-order valence-corrected chi connectivity index (χ1v) is 11.5. The van der Waals surface area contributed by atoms with Crippen molar-refractivity contribution in [2.24, 2.45) is 7.05 Å². The number of alkyl halides is 2. The Morgan fingerprint density at radius 1 is 1.06 bits per heavy atom. The molecule has 0 spiro atoms. The fourth-order valence-corrected chi connectivity index (χ4v) is 6.41. The van der Waals surface area contributed by atoms with E-state index in [9.17, 15) is 19.2 Å². The van der Waals surface area contributed by atoms with Crippen LogP contribution in [0.3, 0.4) is 0 Å². The molecule has 1 aromatic carbocycles. The fraction of sp³-hybridized carbons (Fsp3) is 0.455. The molecule has 3 heterocycles. The van der Waals surface area contributed by atoms with Crippen molar-refractivity contribution in [2.45, 2.75) is 34.7 Å². The molecule has 34 heavy (non-hydrogen) atoms. The molecule has 2 aliphatic heterocycles. The Balaban J connectivity index is 1.72. The van der Waals surface area contributed by atoms with Crippen molar-refractivity contribution in [1.82, 2.24) is 18.8 Å². The molecule has 4 atom stereocenters. The highest BCUT2D eigenvalue weighted by molar-refractivity contribution is 6.53. The summed E-state index contributed by atoms with van der Waals surface area (Å²) < 4.78 is 9.03. The Hall–Kier alpha value is -2.82. The Bertz CT molecular complexity index is 1360. The molecule has 5 rings (SSSR count). The lowest BCUT2D eigenvalue weighted by atomic mass is 9.64. The van der Waals surface area contributed by atoms with Gasteiger partial charge in [-0.3, -0.25) is 14.5 Å². The summed E-state index contributed by atoms with van der Waals surface area (Å²) in [4.78, 5) is 49.4. The largest absolute Gasteiger partial charge is 0.491 e. The van der Waals surface area contributed by atoms with Crippen molar-refractivity contribution in [3.05, 3.63) is 62.4 Å². The number of carbonyl (C=O) groups is 2. The third-order valence-electron chi connectivity index (χ3n) is 7.05. The van der Waals surface area contributed by atoms with Gasteiger partial charge in [0.25, 0.3) is 11.8 Å². The van der Waals surface area contributed by atoms with Crippen molar-refractivity contribution in [1.29, 1.82) is 0 Å². The molecule has 1 saturated carbocycles. The highest BCUT2D eigenvalue weighted by Crippen LogP contribution is 2.63. The Kier molecular flexibility index (Phi) is 5.12. The van der Waals surface area contributed by atoms with E-state index in [1.807, 2.05) is 0 Å². The van der Waals surface area contributed by atoms with E-state index in [2.05, 4.69) is 0 Å². The van der Waals surface area contributed by atoms with Gasteiger partial charge in [0.1, 0.15) is 12.4 Å². The average Bonchev–Trinajstić information content (AvgIpc) is 3.13. The van der Waals surface area contributed by atoms with Gasteiger partial charge < -0.3 is 9.84 Å². The van der Waals surface area contributed by atoms with Crippen LogP contribution in [0.25, 0.3) is 0 Å². The Labute approximate surface area is 203 Å². The summed E-state index contributed by atoms with van der Waals surface area (Å²) in [5, 5.41) is 8.99. The molecule has 1 saturated heterocycles. The Morgan fingerprint density at radius 3 is 2.38 bits per heavy atom. The zero-order valence-corrected chi connectivity index (χ0v) is 19.9. The molecular formula is C22H22Cl2N4O6. The SMILES string of the molecule is CN1C(=O)[C@]2(Cl)C[C@@H]3C(=CCn4c(=O)n(C)c(=O)n43)[C@H](c3ccc(OCCO)cc3)[C@]2(Cl)C1=O. The van der Waals surface area contributed by atoms with Gasteiger partial charge >= 0.3 is 11.4 Å². The number of amides is 2. The normalized spacial score (nSPS) is 30.0. The van der Waals surface area contributed by atoms with Gasteiger partial charge in [-0.05, 0) is 23.3 Å². The molecule has 2 amide bonds. The number of rotatable bonds is 4. The number of benzene rings is 1. The molecular weight excluding hydrogens is 487 g/mol. The topological polar surface area (TPSA) is 116 Å². The summed E-state index contributed by atoms with van der Waals surface area (Å²) in [6.07, 6.45) is 1.65. The smallest absolute Gasteiger partial charge is 0.347 e. The summed E-state index contributed by atoms with van der Waals surface area (Å²) in [7, 11) is 2.72. The van der Waals surface area contributed by atoms with E-state index < -0.39 is 44.9 Å². The zero-order valence-electron chi connectivity index (χ0n) is 18.4. The third-order valence-corrected chi connectivity index (χ3v) is 8.46. The van der Waals surface area contributed by atoms with E-state index in [0.717, 1.165) is 9.47 Å². The summed E-state index contributed by atoms with van der Waals surface area (Å²) >= 11 is 14.0. The number of imide groups is 1. The molecule has 180 valence electrons. The number of aromatic nitrogens is 3. The number of fused-ring (bicyclic) bond motifs is 4. The molecule has 1 aliphatic carbocycles. The van der Waals surface area contributed by atoms with Crippen LogP contribution in [0.5, 0.6) is 5.75 Å². The maximum absolute atomic E-state index is 13.4. The second kappa shape index (κ2) is 7.59. The number of aliphatic hydroxyl groups is 1. The van der Waals surface area contributed by atoms with Gasteiger partial charge in [-0.1, -0.05) is 18.2 Å². The third kappa shape index (κ3) is 2.73. The van der Waals surface area contributed by atoms with Gasteiger partial charge in [-0.25, -0.2) is 23.5 Å². The standard InChI is InChI=1S/C22H22Cl2N4O6/c1-25-17(30)21(23)11-15-14(7-8-27-19(32)26(2)20(33)28(15)27)16(22(21,24)18(25)31)12-3-5-13(6-4-12)34-10-9-29/h3-7,15-16,29H,8-11H2,1-2H3/t15-,16+,21-,22+/m1/s1. The molecule has 10 nitrogen and oxygen atoms in total. The lowest BCUT2D eigenvalue weighted by Gasteiger charge is -2.49. The maximum atomic E-state index is 13.4. The quantitative estimate of drug-likeness (QED) is 0.361. The number of halogens is 2. The first-order chi connectivity index (χ1) is 16.1. The maximum Gasteiger partial charge on any atom is 0.347 e. The van der Waals surface area contributed by atoms with Crippen LogP contribution in [-0.2, 0) is 23.2 Å². The molecule has 2 fully saturated rings. The number of nitrogens with zero attached hydrogens (tertiary/aromatic N) is 4. The van der Waals surface area contributed by atoms with Crippen molar-refractivity contribution in [2.75, 3.05) is 20.3 Å². The lowest BCUT2D eigenvalue weighted by Crippen LogP contribution is -2.59. The van der Waals surface area contributed by atoms with Gasteiger partial charge in [0.2, 0.25) is 0 Å². The molecule has 12 heteroatoms. The van der Waals surface area contributed by atoms with E-state index >= 15 is 0 Å². The van der Waals surface area contributed by atoms with E-state index in [1.54, 1.807) is 30.3 Å². The van der Waals surface area contributed by atoms with Crippen molar-refractivity contribution < 1.29 is 19.4 Å². The number of ether oxygens (including phenoxy) is 1. The second-order valence-electron chi connectivity index (χ2n) is 8.73. The van der Waals surface area contributed by atoms with E-state index in [1.165, 1.54) is 23.5 Å². The highest BCUT2D eigenvalue weighted by atomic mass is 35.5. The number of hydrogen-bond acceptors (Lipinski definition) is 6. The summed E-state index contributed by atoms with van der Waals surface area (Å²) in [5.74, 6) is -1.62. The predicted molar refractivity (Wildman–Crippen MR) is 122 cm³/mol. The molecule has 1 aromatic heterocycles. The second-order valence-corrected chi connectivity index (χ2v) is 9.97. The van der Waals surface area contributed by atoms with E-state index in [-0.39, 0.29) is 26.2 Å². The van der Waals surface area contributed by atoms with Crippen LogP contribution in [0, 0.1) is 0 Å². The summed E-state index contributed by atoms with van der Waals surface area (Å²) in [6, 6.07) is 6.02. The van der Waals surface area contributed by atoms with Crippen LogP contribution in [0.1, 0.15) is 23.9 Å². The predicted octanol–water partition coefficient (Wildman–Crippen LogP) is 0.342. The van der Waals surface area contributed by atoms with E-state index in [0.29, 0.717) is 16.9 Å². The minimum atomic E-state index is -1.84. The summed E-state index contributed by atoms with van der Waals surface area (Å²) in [6.45, 7) is 0.0800. The van der Waals surface area contributed by atoms with Gasteiger partial charge in [0.15, 0.2) is 9.75 Å². The van der Waals surface area contributed by atoms with Gasteiger partial charge in [0.05, 0.1) is 19.2 Å². The van der Waals surface area contributed by atoms with Crippen LogP contribution in [0.15, 0.2) is 45.5 Å². The van der Waals surface area contributed by atoms with Gasteiger partial charge in [-0.15, -0.1) is 23.2 Å². The Morgan fingerprint density at radius 2 is 1.74 bits per heavy atom. The number of aliphatic hydroxyl groups excluding tert-OH is 1. The van der Waals surface area contributed by atoms with Crippen LogP contribution < -0.4 is 16.1 Å². The van der Waals surface area contributed by atoms with Crippen LogP contribution in [0.4, 0.5) is 0 Å². The fourth-order valence-electron chi connectivity index (χ4n) is 5.41. The van der Waals surface area contributed by atoms with Crippen molar-refractivity contribution >= 4 is 35.0 Å². The zero-order chi connectivity index (χ0) is 24.6. The van der Waals surface area contributed by atoms with Crippen LogP contribution >= 0.6 is 23.2 Å². The van der Waals surface area contributed by atoms with Crippen molar-refractivity contribution in [3.8, 4) is 5.75 Å². The van der Waals surface area contributed by atoms with Crippen molar-refractivity contribution in [3.63, 3.8) is 0 Å². The first-order valence-electron chi connectivity index (χ1n) is 10.7.